The monoisotopic (exact) mass is 142 g/mol. The summed E-state index contributed by atoms with van der Waals surface area (Å²) in [6.07, 6.45) is 5.11. The summed E-state index contributed by atoms with van der Waals surface area (Å²) in [5.74, 6) is 0.637. The van der Waals surface area contributed by atoms with Crippen LogP contribution in [0.5, 0.6) is 0 Å². The Hall–Kier alpha value is -0.0400. The molecule has 60 valence electrons. The van der Waals surface area contributed by atoms with E-state index in [1.807, 2.05) is 0 Å². The summed E-state index contributed by atoms with van der Waals surface area (Å²) in [5, 5.41) is 8.90. The molecule has 0 radical (unpaired) electrons. The first-order chi connectivity index (χ1) is 4.79. The Kier molecular flexibility index (Phi) is 2.35. The van der Waals surface area contributed by atoms with Gasteiger partial charge in [-0.05, 0) is 24.2 Å². The summed E-state index contributed by atoms with van der Waals surface area (Å²) >= 11 is 0. The molecule has 2 unspecified atom stereocenters. The molecule has 1 aliphatic rings. The first kappa shape index (κ1) is 8.06. The Balaban J connectivity index is 2.34. The van der Waals surface area contributed by atoms with E-state index in [0.29, 0.717) is 17.9 Å². The van der Waals surface area contributed by atoms with E-state index in [1.54, 1.807) is 0 Å². The predicted octanol–water partition coefficient (Wildman–Crippen LogP) is 2.20. The molecule has 0 bridgehead atoms. The lowest BCUT2D eigenvalue weighted by Gasteiger charge is -2.11. The van der Waals surface area contributed by atoms with Crippen LogP contribution in [-0.2, 0) is 0 Å². The number of rotatable bonds is 4. The maximum absolute atomic E-state index is 8.90. The van der Waals surface area contributed by atoms with Crippen LogP contribution in [0.15, 0.2) is 0 Å². The average Bonchev–Trinajstić information content (AvgIpc) is 2.65. The van der Waals surface area contributed by atoms with Crippen LogP contribution in [-0.4, -0.2) is 11.7 Å². The van der Waals surface area contributed by atoms with Gasteiger partial charge in [-0.2, -0.15) is 0 Å². The molecule has 0 heterocycles. The summed E-state index contributed by atoms with van der Waals surface area (Å²) in [6, 6.07) is 0. The third kappa shape index (κ3) is 1.20. The molecule has 1 fully saturated rings. The Morgan fingerprint density at radius 3 is 2.50 bits per heavy atom. The van der Waals surface area contributed by atoms with Gasteiger partial charge in [0.25, 0.3) is 0 Å². The van der Waals surface area contributed by atoms with Crippen molar-refractivity contribution in [2.45, 2.75) is 39.5 Å². The average molecular weight is 142 g/mol. The zero-order valence-corrected chi connectivity index (χ0v) is 7.06. The highest BCUT2D eigenvalue weighted by Crippen LogP contribution is 2.57. The second kappa shape index (κ2) is 2.91. The molecule has 1 N–H and O–H groups in total. The minimum absolute atomic E-state index is 0.411. The van der Waals surface area contributed by atoms with Gasteiger partial charge in [-0.25, -0.2) is 0 Å². The second-order valence-electron chi connectivity index (χ2n) is 3.55. The van der Waals surface area contributed by atoms with Gasteiger partial charge in [0.2, 0.25) is 0 Å². The van der Waals surface area contributed by atoms with Gasteiger partial charge in [-0.3, -0.25) is 0 Å². The molecular formula is C9H18O. The molecule has 2 atom stereocenters. The van der Waals surface area contributed by atoms with Crippen molar-refractivity contribution in [3.05, 3.63) is 0 Å². The van der Waals surface area contributed by atoms with Crippen LogP contribution in [0.3, 0.4) is 0 Å². The van der Waals surface area contributed by atoms with Crippen LogP contribution in [0, 0.1) is 11.3 Å². The van der Waals surface area contributed by atoms with Crippen LogP contribution in [0.25, 0.3) is 0 Å². The Morgan fingerprint density at radius 2 is 2.20 bits per heavy atom. The lowest BCUT2D eigenvalue weighted by Crippen LogP contribution is -2.04. The Bertz CT molecular complexity index is 111. The van der Waals surface area contributed by atoms with Crippen LogP contribution < -0.4 is 0 Å². The van der Waals surface area contributed by atoms with E-state index >= 15 is 0 Å². The van der Waals surface area contributed by atoms with Crippen LogP contribution in [0.1, 0.15) is 39.5 Å². The Morgan fingerprint density at radius 1 is 1.50 bits per heavy atom. The Labute approximate surface area is 63.4 Å². The molecule has 0 saturated heterocycles. The summed E-state index contributed by atoms with van der Waals surface area (Å²) < 4.78 is 0. The zero-order chi connectivity index (χ0) is 7.61. The number of hydrogen-bond acceptors (Lipinski definition) is 1. The van der Waals surface area contributed by atoms with E-state index in [9.17, 15) is 0 Å². The van der Waals surface area contributed by atoms with E-state index in [1.165, 1.54) is 25.7 Å². The predicted molar refractivity (Wildman–Crippen MR) is 42.8 cm³/mol. The summed E-state index contributed by atoms with van der Waals surface area (Å²) in [6.45, 7) is 4.88. The smallest absolute Gasteiger partial charge is 0.0464 e. The topological polar surface area (TPSA) is 20.2 Å². The van der Waals surface area contributed by atoms with Gasteiger partial charge >= 0.3 is 0 Å². The highest BCUT2D eigenvalue weighted by molar-refractivity contribution is 5.00. The molecule has 0 aromatic heterocycles. The number of hydrogen-bond donors (Lipinski definition) is 1. The molecule has 0 aromatic carbocycles. The van der Waals surface area contributed by atoms with Crippen molar-refractivity contribution < 1.29 is 5.11 Å². The molecule has 0 spiro atoms. The van der Waals surface area contributed by atoms with Gasteiger partial charge in [0.1, 0.15) is 0 Å². The highest BCUT2D eigenvalue weighted by atomic mass is 16.3. The van der Waals surface area contributed by atoms with E-state index < -0.39 is 0 Å². The lowest BCUT2D eigenvalue weighted by molar-refractivity contribution is 0.240. The molecule has 10 heavy (non-hydrogen) atoms. The van der Waals surface area contributed by atoms with Crippen LogP contribution in [0.2, 0.25) is 0 Å². The van der Waals surface area contributed by atoms with Crippen molar-refractivity contribution in [3.8, 4) is 0 Å². The molecule has 1 nitrogen and oxygen atoms in total. The molecule has 1 heteroatoms. The van der Waals surface area contributed by atoms with Gasteiger partial charge in [0, 0.05) is 6.61 Å². The minimum Gasteiger partial charge on any atom is -0.396 e. The highest BCUT2D eigenvalue weighted by Gasteiger charge is 2.50. The van der Waals surface area contributed by atoms with E-state index in [2.05, 4.69) is 13.8 Å². The van der Waals surface area contributed by atoms with Gasteiger partial charge in [0.05, 0.1) is 0 Å². The molecule has 0 aromatic rings. The van der Waals surface area contributed by atoms with Crippen molar-refractivity contribution in [3.63, 3.8) is 0 Å². The van der Waals surface area contributed by atoms with Crippen molar-refractivity contribution in [2.75, 3.05) is 6.61 Å². The second-order valence-corrected chi connectivity index (χ2v) is 3.55. The van der Waals surface area contributed by atoms with Crippen molar-refractivity contribution in [2.24, 2.45) is 11.3 Å². The SMILES string of the molecule is CCCC1(CC)CC1CO. The standard InChI is InChI=1S/C9H18O/c1-3-5-9(4-2)6-8(9)7-10/h8,10H,3-7H2,1-2H3. The maximum Gasteiger partial charge on any atom is 0.0464 e. The lowest BCUT2D eigenvalue weighted by atomic mass is 9.95. The fourth-order valence-corrected chi connectivity index (χ4v) is 2.10. The molecule has 1 saturated carbocycles. The van der Waals surface area contributed by atoms with Gasteiger partial charge in [-0.1, -0.05) is 26.7 Å². The van der Waals surface area contributed by atoms with Crippen LogP contribution in [0.4, 0.5) is 0 Å². The summed E-state index contributed by atoms with van der Waals surface area (Å²) in [7, 11) is 0. The van der Waals surface area contributed by atoms with Gasteiger partial charge in [0.15, 0.2) is 0 Å². The molecule has 1 aliphatic carbocycles. The third-order valence-corrected chi connectivity index (χ3v) is 3.03. The number of aliphatic hydroxyl groups excluding tert-OH is 1. The minimum atomic E-state index is 0.411. The summed E-state index contributed by atoms with van der Waals surface area (Å²) in [4.78, 5) is 0. The van der Waals surface area contributed by atoms with Crippen molar-refractivity contribution in [1.29, 1.82) is 0 Å². The van der Waals surface area contributed by atoms with E-state index in [0.717, 1.165) is 0 Å². The van der Waals surface area contributed by atoms with E-state index in [4.69, 9.17) is 5.11 Å². The number of aliphatic hydroxyl groups is 1. The summed E-state index contributed by atoms with van der Waals surface area (Å²) in [5.41, 5.74) is 0.559. The quantitative estimate of drug-likeness (QED) is 0.638. The molecule has 1 rings (SSSR count). The maximum atomic E-state index is 8.90. The largest absolute Gasteiger partial charge is 0.396 e. The normalized spacial score (nSPS) is 38.1. The first-order valence-electron chi connectivity index (χ1n) is 4.40. The fraction of sp³-hybridized carbons (Fsp3) is 1.00. The molecule has 0 amide bonds. The van der Waals surface area contributed by atoms with E-state index in [-0.39, 0.29) is 0 Å². The van der Waals surface area contributed by atoms with Crippen molar-refractivity contribution in [1.82, 2.24) is 0 Å². The third-order valence-electron chi connectivity index (χ3n) is 3.03. The van der Waals surface area contributed by atoms with Gasteiger partial charge < -0.3 is 5.11 Å². The molecular weight excluding hydrogens is 124 g/mol. The zero-order valence-electron chi connectivity index (χ0n) is 7.06. The van der Waals surface area contributed by atoms with Crippen molar-refractivity contribution >= 4 is 0 Å². The molecule has 0 aliphatic heterocycles. The fourth-order valence-electron chi connectivity index (χ4n) is 2.10. The van der Waals surface area contributed by atoms with Gasteiger partial charge in [-0.15, -0.1) is 0 Å². The first-order valence-corrected chi connectivity index (χ1v) is 4.40. The van der Waals surface area contributed by atoms with Crippen LogP contribution >= 0.6 is 0 Å².